The molecule has 0 bridgehead atoms. The highest BCUT2D eigenvalue weighted by atomic mass is 16.5. The third kappa shape index (κ3) is 4.52. The largest absolute Gasteiger partial charge is 0.457 e. The van der Waals surface area contributed by atoms with E-state index in [1.165, 1.54) is 12.2 Å². The summed E-state index contributed by atoms with van der Waals surface area (Å²) in [5.74, 6) is 2.16. The molecule has 6 nitrogen and oxygen atoms in total. The molecule has 0 atom stereocenters. The Morgan fingerprint density at radius 1 is 0.577 bits per heavy atom. The number of ether oxygens (including phenoxy) is 2. The Morgan fingerprint density at radius 2 is 0.962 bits per heavy atom. The molecule has 0 saturated carbocycles. The van der Waals surface area contributed by atoms with Crippen molar-refractivity contribution in [3.05, 3.63) is 72.8 Å². The SMILES string of the molecule is O=C=Nc1cccc(Oc2cccc(Oc3cccc(N=C=O)c3)c2)c1. The molecule has 0 aliphatic carbocycles. The predicted molar refractivity (Wildman–Crippen MR) is 95.0 cm³/mol. The van der Waals surface area contributed by atoms with Crippen LogP contribution in [-0.2, 0) is 9.59 Å². The first kappa shape index (κ1) is 16.9. The van der Waals surface area contributed by atoms with Crippen molar-refractivity contribution in [2.45, 2.75) is 0 Å². The Morgan fingerprint density at radius 3 is 1.38 bits per heavy atom. The molecule has 0 heterocycles. The standard InChI is InChI=1S/C20H12N2O4/c23-13-21-15-4-1-6-17(10-15)25-19-8-3-9-20(12-19)26-18-7-2-5-16(11-18)22-14-24/h1-12H. The van der Waals surface area contributed by atoms with Crippen LogP contribution >= 0.6 is 0 Å². The van der Waals surface area contributed by atoms with Gasteiger partial charge < -0.3 is 9.47 Å². The van der Waals surface area contributed by atoms with Crippen molar-refractivity contribution >= 4 is 23.5 Å². The van der Waals surface area contributed by atoms with Crippen LogP contribution in [0.4, 0.5) is 11.4 Å². The summed E-state index contributed by atoms with van der Waals surface area (Å²) in [4.78, 5) is 27.8. The molecule has 6 heteroatoms. The van der Waals surface area contributed by atoms with Crippen LogP contribution in [0.15, 0.2) is 82.8 Å². The van der Waals surface area contributed by atoms with Crippen LogP contribution in [0.5, 0.6) is 23.0 Å². The van der Waals surface area contributed by atoms with Gasteiger partial charge in [-0.15, -0.1) is 0 Å². The van der Waals surface area contributed by atoms with Crippen LogP contribution < -0.4 is 9.47 Å². The predicted octanol–water partition coefficient (Wildman–Crippen LogP) is 5.21. The lowest BCUT2D eigenvalue weighted by molar-refractivity contribution is 0.460. The number of rotatable bonds is 6. The molecule has 0 aliphatic heterocycles. The molecule has 0 spiro atoms. The molecule has 3 aromatic carbocycles. The summed E-state index contributed by atoms with van der Waals surface area (Å²) in [6.45, 7) is 0. The van der Waals surface area contributed by atoms with Crippen LogP contribution in [0.3, 0.4) is 0 Å². The summed E-state index contributed by atoms with van der Waals surface area (Å²) in [5, 5.41) is 0. The normalized spacial score (nSPS) is 9.54. The summed E-state index contributed by atoms with van der Waals surface area (Å²) in [7, 11) is 0. The number of isocyanates is 2. The second-order valence-electron chi connectivity index (χ2n) is 5.08. The maximum absolute atomic E-state index is 10.4. The third-order valence-corrected chi connectivity index (χ3v) is 3.26. The number of carbonyl (C=O) groups excluding carboxylic acids is 2. The van der Waals surface area contributed by atoms with Gasteiger partial charge in [0.2, 0.25) is 12.2 Å². The van der Waals surface area contributed by atoms with E-state index in [0.29, 0.717) is 34.4 Å². The van der Waals surface area contributed by atoms with Gasteiger partial charge >= 0.3 is 0 Å². The molecule has 0 unspecified atom stereocenters. The highest BCUT2D eigenvalue weighted by Gasteiger charge is 2.03. The second-order valence-corrected chi connectivity index (χ2v) is 5.08. The van der Waals surface area contributed by atoms with Crippen molar-refractivity contribution in [2.24, 2.45) is 9.98 Å². The fourth-order valence-corrected chi connectivity index (χ4v) is 2.21. The number of aliphatic imine (C=N–C) groups is 2. The molecule has 3 aromatic rings. The van der Waals surface area contributed by atoms with E-state index in [1.54, 1.807) is 72.8 Å². The topological polar surface area (TPSA) is 77.3 Å². The Kier molecular flexibility index (Phi) is 5.33. The van der Waals surface area contributed by atoms with Crippen LogP contribution in [0.2, 0.25) is 0 Å². The maximum atomic E-state index is 10.4. The smallest absolute Gasteiger partial charge is 0.240 e. The summed E-state index contributed by atoms with van der Waals surface area (Å²) < 4.78 is 11.5. The van der Waals surface area contributed by atoms with Crippen LogP contribution in [-0.4, -0.2) is 12.2 Å². The first-order valence-electron chi connectivity index (χ1n) is 7.58. The Hall–Kier alpha value is -3.98. The van der Waals surface area contributed by atoms with Crippen molar-refractivity contribution in [2.75, 3.05) is 0 Å². The molecule has 0 radical (unpaired) electrons. The van der Waals surface area contributed by atoms with Crippen molar-refractivity contribution in [1.82, 2.24) is 0 Å². The fourth-order valence-electron chi connectivity index (χ4n) is 2.21. The Balaban J connectivity index is 1.78. The molecule has 0 aromatic heterocycles. The Labute approximate surface area is 149 Å². The highest BCUT2D eigenvalue weighted by molar-refractivity contribution is 5.53. The molecule has 26 heavy (non-hydrogen) atoms. The van der Waals surface area contributed by atoms with E-state index in [-0.39, 0.29) is 0 Å². The summed E-state index contributed by atoms with van der Waals surface area (Å²) in [5.41, 5.74) is 0.912. The van der Waals surface area contributed by atoms with Gasteiger partial charge in [0.05, 0.1) is 11.4 Å². The van der Waals surface area contributed by atoms with Gasteiger partial charge in [0, 0.05) is 18.2 Å². The van der Waals surface area contributed by atoms with Crippen LogP contribution in [0.25, 0.3) is 0 Å². The van der Waals surface area contributed by atoms with Gasteiger partial charge in [0.15, 0.2) is 0 Å². The van der Waals surface area contributed by atoms with Crippen molar-refractivity contribution < 1.29 is 19.1 Å². The van der Waals surface area contributed by atoms with Gasteiger partial charge in [-0.2, -0.15) is 9.98 Å². The molecule has 0 aliphatic rings. The van der Waals surface area contributed by atoms with E-state index < -0.39 is 0 Å². The molecule has 0 N–H and O–H groups in total. The van der Waals surface area contributed by atoms with E-state index >= 15 is 0 Å². The van der Waals surface area contributed by atoms with E-state index in [9.17, 15) is 9.59 Å². The minimum atomic E-state index is 0.456. The zero-order valence-electron chi connectivity index (χ0n) is 13.5. The number of nitrogens with zero attached hydrogens (tertiary/aromatic N) is 2. The van der Waals surface area contributed by atoms with Crippen LogP contribution in [0.1, 0.15) is 0 Å². The summed E-state index contributed by atoms with van der Waals surface area (Å²) >= 11 is 0. The molecular weight excluding hydrogens is 332 g/mol. The fraction of sp³-hybridized carbons (Fsp3) is 0. The van der Waals surface area contributed by atoms with Gasteiger partial charge in [-0.25, -0.2) is 9.59 Å². The van der Waals surface area contributed by atoms with Crippen molar-refractivity contribution in [1.29, 1.82) is 0 Å². The summed E-state index contributed by atoms with van der Waals surface area (Å²) in [6.07, 6.45) is 2.99. The lowest BCUT2D eigenvalue weighted by Gasteiger charge is -2.09. The lowest BCUT2D eigenvalue weighted by Crippen LogP contribution is -1.87. The van der Waals surface area contributed by atoms with Gasteiger partial charge in [0.1, 0.15) is 23.0 Å². The molecule has 3 rings (SSSR count). The lowest BCUT2D eigenvalue weighted by atomic mass is 10.3. The summed E-state index contributed by atoms with van der Waals surface area (Å²) in [6, 6.07) is 20.6. The number of benzene rings is 3. The molecule has 0 amide bonds. The molecular formula is C20H12N2O4. The van der Waals surface area contributed by atoms with Gasteiger partial charge in [-0.3, -0.25) is 0 Å². The van der Waals surface area contributed by atoms with E-state index in [0.717, 1.165) is 0 Å². The number of hydrogen-bond acceptors (Lipinski definition) is 6. The average molecular weight is 344 g/mol. The Bertz CT molecular complexity index is 941. The van der Waals surface area contributed by atoms with E-state index in [1.807, 2.05) is 0 Å². The zero-order valence-corrected chi connectivity index (χ0v) is 13.5. The molecule has 0 fully saturated rings. The van der Waals surface area contributed by atoms with E-state index in [4.69, 9.17) is 9.47 Å². The van der Waals surface area contributed by atoms with Gasteiger partial charge in [-0.05, 0) is 36.4 Å². The quantitative estimate of drug-likeness (QED) is 0.454. The second kappa shape index (κ2) is 8.22. The zero-order chi connectivity index (χ0) is 18.2. The van der Waals surface area contributed by atoms with Crippen molar-refractivity contribution in [3.63, 3.8) is 0 Å². The minimum Gasteiger partial charge on any atom is -0.457 e. The monoisotopic (exact) mass is 344 g/mol. The molecule has 126 valence electrons. The third-order valence-electron chi connectivity index (χ3n) is 3.26. The van der Waals surface area contributed by atoms with Gasteiger partial charge in [0.25, 0.3) is 0 Å². The average Bonchev–Trinajstić information content (AvgIpc) is 2.63. The van der Waals surface area contributed by atoms with Crippen LogP contribution in [0, 0.1) is 0 Å². The van der Waals surface area contributed by atoms with Gasteiger partial charge in [-0.1, -0.05) is 18.2 Å². The number of hydrogen-bond donors (Lipinski definition) is 0. The first-order valence-corrected chi connectivity index (χ1v) is 7.58. The maximum Gasteiger partial charge on any atom is 0.240 e. The van der Waals surface area contributed by atoms with E-state index in [2.05, 4.69) is 9.98 Å². The molecule has 0 saturated heterocycles. The minimum absolute atomic E-state index is 0.456. The highest BCUT2D eigenvalue weighted by Crippen LogP contribution is 2.30. The van der Waals surface area contributed by atoms with Crippen molar-refractivity contribution in [3.8, 4) is 23.0 Å². The first-order chi connectivity index (χ1) is 12.8.